The van der Waals surface area contributed by atoms with Gasteiger partial charge in [0.1, 0.15) is 0 Å². The first-order valence-electron chi connectivity index (χ1n) is 7.66. The van der Waals surface area contributed by atoms with Gasteiger partial charge in [0.2, 0.25) is 0 Å². The van der Waals surface area contributed by atoms with E-state index >= 15 is 0 Å². The Hall–Kier alpha value is -2.39. The Labute approximate surface area is 131 Å². The van der Waals surface area contributed by atoms with Crippen molar-refractivity contribution >= 4 is 5.91 Å². The Balaban J connectivity index is 1.69. The van der Waals surface area contributed by atoms with Gasteiger partial charge in [-0.05, 0) is 30.5 Å². The number of carbonyl (C=O) groups excluding carboxylic acids is 1. The van der Waals surface area contributed by atoms with Gasteiger partial charge >= 0.3 is 0 Å². The lowest BCUT2D eigenvalue weighted by molar-refractivity contribution is 0.0725. The molecule has 1 N–H and O–H groups in total. The average molecular weight is 292 g/mol. The topological polar surface area (TPSA) is 32.3 Å². The molecular formula is C19H20N2O. The Bertz CT molecular complexity index is 637. The monoisotopic (exact) mass is 292 g/mol. The van der Waals surface area contributed by atoms with Crippen LogP contribution in [0.4, 0.5) is 0 Å². The first-order chi connectivity index (χ1) is 10.8. The van der Waals surface area contributed by atoms with E-state index in [0.29, 0.717) is 5.56 Å². The van der Waals surface area contributed by atoms with Gasteiger partial charge in [-0.2, -0.15) is 0 Å². The molecule has 1 aliphatic rings. The van der Waals surface area contributed by atoms with E-state index in [0.717, 1.165) is 19.4 Å². The van der Waals surface area contributed by atoms with Crippen LogP contribution in [-0.2, 0) is 6.42 Å². The molecule has 0 saturated heterocycles. The number of hydrogen-bond acceptors (Lipinski definition) is 2. The number of rotatable bonds is 4. The standard InChI is InChI=1S/C19H20N2O/c22-19(17-11-5-2-6-12-17)20-21-14-8-7-13-18(21)15-16-9-3-1-4-10-16/h1-7,9-13,18H,8,14-15H2,(H,20,22). The minimum absolute atomic E-state index is 0.0473. The van der Waals surface area contributed by atoms with Crippen molar-refractivity contribution in [3.05, 3.63) is 83.9 Å². The zero-order valence-electron chi connectivity index (χ0n) is 12.5. The van der Waals surface area contributed by atoms with E-state index in [4.69, 9.17) is 0 Å². The number of nitrogens with zero attached hydrogens (tertiary/aromatic N) is 1. The van der Waals surface area contributed by atoms with Crippen LogP contribution in [0.25, 0.3) is 0 Å². The molecule has 1 amide bonds. The number of carbonyl (C=O) groups is 1. The maximum Gasteiger partial charge on any atom is 0.265 e. The Kier molecular flexibility index (Phi) is 4.66. The zero-order valence-corrected chi connectivity index (χ0v) is 12.5. The van der Waals surface area contributed by atoms with Crippen LogP contribution in [0.2, 0.25) is 0 Å². The second-order valence-corrected chi connectivity index (χ2v) is 5.47. The molecule has 1 atom stereocenters. The molecule has 0 aromatic heterocycles. The summed E-state index contributed by atoms with van der Waals surface area (Å²) in [4.78, 5) is 12.3. The zero-order chi connectivity index (χ0) is 15.2. The fourth-order valence-electron chi connectivity index (χ4n) is 2.69. The lowest BCUT2D eigenvalue weighted by Crippen LogP contribution is -2.50. The fourth-order valence-corrected chi connectivity index (χ4v) is 2.69. The molecule has 2 aromatic rings. The molecule has 0 aliphatic carbocycles. The van der Waals surface area contributed by atoms with Gasteiger partial charge in [-0.1, -0.05) is 60.7 Å². The number of benzene rings is 2. The Morgan fingerprint density at radius 3 is 2.45 bits per heavy atom. The third kappa shape index (κ3) is 3.62. The van der Waals surface area contributed by atoms with Gasteiger partial charge in [0.05, 0.1) is 6.04 Å². The molecule has 1 aliphatic heterocycles. The molecule has 0 fully saturated rings. The Morgan fingerprint density at radius 1 is 1.05 bits per heavy atom. The molecule has 3 rings (SSSR count). The van der Waals surface area contributed by atoms with Crippen molar-refractivity contribution in [3.63, 3.8) is 0 Å². The van der Waals surface area contributed by atoms with E-state index in [2.05, 4.69) is 41.8 Å². The van der Waals surface area contributed by atoms with Gasteiger partial charge < -0.3 is 0 Å². The molecule has 0 bridgehead atoms. The van der Waals surface area contributed by atoms with Crippen molar-refractivity contribution in [2.75, 3.05) is 6.54 Å². The van der Waals surface area contributed by atoms with Gasteiger partial charge in [-0.3, -0.25) is 10.2 Å². The van der Waals surface area contributed by atoms with Gasteiger partial charge in [0.25, 0.3) is 5.91 Å². The molecule has 0 saturated carbocycles. The van der Waals surface area contributed by atoms with Crippen LogP contribution in [0.15, 0.2) is 72.8 Å². The van der Waals surface area contributed by atoms with E-state index in [1.165, 1.54) is 5.56 Å². The molecule has 0 spiro atoms. The second kappa shape index (κ2) is 7.05. The van der Waals surface area contributed by atoms with Gasteiger partial charge in [0.15, 0.2) is 0 Å². The summed E-state index contributed by atoms with van der Waals surface area (Å²) in [5, 5.41) is 2.04. The van der Waals surface area contributed by atoms with Gasteiger partial charge in [0, 0.05) is 12.1 Å². The summed E-state index contributed by atoms with van der Waals surface area (Å²) >= 11 is 0. The molecule has 3 heteroatoms. The molecule has 1 heterocycles. The molecule has 2 aromatic carbocycles. The van der Waals surface area contributed by atoms with E-state index in [-0.39, 0.29) is 11.9 Å². The van der Waals surface area contributed by atoms with Crippen LogP contribution in [-0.4, -0.2) is 23.5 Å². The van der Waals surface area contributed by atoms with Crippen molar-refractivity contribution in [2.45, 2.75) is 18.9 Å². The smallest absolute Gasteiger partial charge is 0.265 e. The third-order valence-corrected chi connectivity index (χ3v) is 3.86. The van der Waals surface area contributed by atoms with Crippen LogP contribution in [0.1, 0.15) is 22.3 Å². The molecule has 3 nitrogen and oxygen atoms in total. The summed E-state index contributed by atoms with van der Waals surface area (Å²) in [5.74, 6) is -0.0473. The van der Waals surface area contributed by atoms with Crippen LogP contribution in [0.3, 0.4) is 0 Å². The van der Waals surface area contributed by atoms with Crippen molar-refractivity contribution in [1.29, 1.82) is 0 Å². The largest absolute Gasteiger partial charge is 0.284 e. The van der Waals surface area contributed by atoms with Crippen LogP contribution >= 0.6 is 0 Å². The summed E-state index contributed by atoms with van der Waals surface area (Å²) in [7, 11) is 0. The highest BCUT2D eigenvalue weighted by Gasteiger charge is 2.21. The van der Waals surface area contributed by atoms with Crippen molar-refractivity contribution < 1.29 is 4.79 Å². The maximum absolute atomic E-state index is 12.3. The molecule has 1 unspecified atom stereocenters. The minimum Gasteiger partial charge on any atom is -0.284 e. The highest BCUT2D eigenvalue weighted by Crippen LogP contribution is 2.14. The first kappa shape index (κ1) is 14.5. The summed E-state index contributed by atoms with van der Waals surface area (Å²) in [5.41, 5.74) is 5.01. The number of amides is 1. The SMILES string of the molecule is O=C(NN1CCC=CC1Cc1ccccc1)c1ccccc1. The predicted octanol–water partition coefficient (Wildman–Crippen LogP) is 3.20. The normalized spacial score (nSPS) is 18.1. The van der Waals surface area contributed by atoms with Crippen molar-refractivity contribution in [2.24, 2.45) is 0 Å². The number of hydrazine groups is 1. The van der Waals surface area contributed by atoms with Crippen molar-refractivity contribution in [3.8, 4) is 0 Å². The molecule has 112 valence electrons. The van der Waals surface area contributed by atoms with Gasteiger partial charge in [-0.15, -0.1) is 0 Å². The van der Waals surface area contributed by atoms with Crippen LogP contribution in [0.5, 0.6) is 0 Å². The lowest BCUT2D eigenvalue weighted by Gasteiger charge is -2.32. The van der Waals surface area contributed by atoms with Gasteiger partial charge in [-0.25, -0.2) is 5.01 Å². The summed E-state index contributed by atoms with van der Waals surface area (Å²) in [6, 6.07) is 19.9. The predicted molar refractivity (Wildman–Crippen MR) is 88.3 cm³/mol. The molecular weight excluding hydrogens is 272 g/mol. The summed E-state index contributed by atoms with van der Waals surface area (Å²) in [6.07, 6.45) is 6.23. The first-order valence-corrected chi connectivity index (χ1v) is 7.66. The Morgan fingerprint density at radius 2 is 1.73 bits per heavy atom. The lowest BCUT2D eigenvalue weighted by atomic mass is 10.0. The summed E-state index contributed by atoms with van der Waals surface area (Å²) in [6.45, 7) is 0.840. The van der Waals surface area contributed by atoms with Crippen LogP contribution < -0.4 is 5.43 Å². The highest BCUT2D eigenvalue weighted by molar-refractivity contribution is 5.93. The highest BCUT2D eigenvalue weighted by atomic mass is 16.2. The summed E-state index contributed by atoms with van der Waals surface area (Å²) < 4.78 is 0. The average Bonchev–Trinajstić information content (AvgIpc) is 2.58. The number of hydrogen-bond donors (Lipinski definition) is 1. The van der Waals surface area contributed by atoms with E-state index in [1.807, 2.05) is 41.4 Å². The van der Waals surface area contributed by atoms with E-state index in [1.54, 1.807) is 0 Å². The van der Waals surface area contributed by atoms with E-state index < -0.39 is 0 Å². The quantitative estimate of drug-likeness (QED) is 0.878. The van der Waals surface area contributed by atoms with Crippen molar-refractivity contribution in [1.82, 2.24) is 10.4 Å². The number of nitrogens with one attached hydrogen (secondary N) is 1. The fraction of sp³-hybridized carbons (Fsp3) is 0.211. The van der Waals surface area contributed by atoms with Crippen LogP contribution in [0, 0.1) is 0 Å². The van der Waals surface area contributed by atoms with E-state index in [9.17, 15) is 4.79 Å². The second-order valence-electron chi connectivity index (χ2n) is 5.47. The molecule has 22 heavy (non-hydrogen) atoms. The third-order valence-electron chi connectivity index (χ3n) is 3.86. The molecule has 0 radical (unpaired) electrons. The maximum atomic E-state index is 12.3. The minimum atomic E-state index is -0.0473.